The summed E-state index contributed by atoms with van der Waals surface area (Å²) in [6.07, 6.45) is 7.48. The van der Waals surface area contributed by atoms with Crippen molar-refractivity contribution in [2.45, 2.75) is 51.9 Å². The van der Waals surface area contributed by atoms with Crippen molar-refractivity contribution >= 4 is 10.1 Å². The molecule has 0 atom stereocenters. The van der Waals surface area contributed by atoms with Gasteiger partial charge >= 0.3 is 0 Å². The van der Waals surface area contributed by atoms with E-state index in [1.165, 1.54) is 25.7 Å². The Morgan fingerprint density at radius 2 is 1.33 bits per heavy atom. The Bertz CT molecular complexity index is 207. The molecule has 0 aliphatic rings. The molecule has 0 saturated heterocycles. The molecule has 96 valence electrons. The molecule has 0 aliphatic carbocycles. The first kappa shape index (κ1) is 20.2. The maximum absolute atomic E-state index is 10.3. The van der Waals surface area contributed by atoms with Gasteiger partial charge < -0.3 is 6.15 Å². The third-order valence-electron chi connectivity index (χ3n) is 2.01. The Morgan fingerprint density at radius 1 is 0.933 bits per heavy atom. The van der Waals surface area contributed by atoms with Crippen LogP contribution in [0.3, 0.4) is 0 Å². The van der Waals surface area contributed by atoms with Crippen molar-refractivity contribution in [2.75, 3.05) is 5.75 Å². The van der Waals surface area contributed by atoms with Crippen LogP contribution in [0.4, 0.5) is 4.70 Å². The summed E-state index contributed by atoms with van der Waals surface area (Å²) in [5.74, 6) is -0.0826. The van der Waals surface area contributed by atoms with E-state index >= 15 is 0 Å². The lowest BCUT2D eigenvalue weighted by Gasteiger charge is -1.99. The number of hydrogen-bond donors (Lipinski definition) is 2. The molecule has 0 radical (unpaired) electrons. The molecule has 4 nitrogen and oxygen atoms in total. The molecule has 0 bridgehead atoms. The first-order valence-corrected chi connectivity index (χ1v) is 6.62. The van der Waals surface area contributed by atoms with Crippen LogP contribution in [-0.2, 0) is 10.1 Å². The smallest absolute Gasteiger partial charge is 0.264 e. The Hall–Kier alpha value is -0.200. The van der Waals surface area contributed by atoms with Gasteiger partial charge in [0.2, 0.25) is 0 Å². The standard InChI is InChI=1S/C9H20O3S.FH.H3N/c1-2-3-4-5-6-7-8-9-13(10,11)12;;/h2-9H2,1H3,(H,10,11,12);1H;1H3. The SMILES string of the molecule is CCCCCCCCCS(=O)(=O)O.F.N. The monoisotopic (exact) mass is 245 g/mol. The Labute approximate surface area is 92.2 Å². The lowest BCUT2D eigenvalue weighted by atomic mass is 10.1. The van der Waals surface area contributed by atoms with Gasteiger partial charge in [-0.1, -0.05) is 45.4 Å². The van der Waals surface area contributed by atoms with E-state index in [4.69, 9.17) is 4.55 Å². The first-order valence-electron chi connectivity index (χ1n) is 5.01. The zero-order chi connectivity index (χ0) is 10.2. The number of rotatable bonds is 8. The largest absolute Gasteiger partial charge is 0.344 e. The van der Waals surface area contributed by atoms with Gasteiger partial charge in [-0.05, 0) is 6.42 Å². The van der Waals surface area contributed by atoms with Crippen LogP contribution in [0, 0.1) is 0 Å². The molecular weight excluding hydrogens is 221 g/mol. The highest BCUT2D eigenvalue weighted by molar-refractivity contribution is 7.85. The van der Waals surface area contributed by atoms with Gasteiger partial charge in [-0.3, -0.25) is 9.26 Å². The Kier molecular flexibility index (Phi) is 16.0. The quantitative estimate of drug-likeness (QED) is 0.508. The van der Waals surface area contributed by atoms with Crippen molar-refractivity contribution in [2.24, 2.45) is 0 Å². The van der Waals surface area contributed by atoms with Crippen molar-refractivity contribution in [1.82, 2.24) is 6.15 Å². The molecule has 0 heterocycles. The molecule has 0 spiro atoms. The van der Waals surface area contributed by atoms with Gasteiger partial charge in [0.15, 0.2) is 0 Å². The zero-order valence-corrected chi connectivity index (χ0v) is 10.3. The van der Waals surface area contributed by atoms with Crippen LogP contribution >= 0.6 is 0 Å². The molecular formula is C9H24FNO3S. The minimum absolute atomic E-state index is 0. The van der Waals surface area contributed by atoms with Gasteiger partial charge in [-0.2, -0.15) is 8.42 Å². The predicted molar refractivity (Wildman–Crippen MR) is 61.9 cm³/mol. The van der Waals surface area contributed by atoms with E-state index in [9.17, 15) is 8.42 Å². The van der Waals surface area contributed by atoms with Crippen LogP contribution in [-0.4, -0.2) is 18.7 Å². The molecule has 0 aromatic heterocycles. The second kappa shape index (κ2) is 11.9. The fourth-order valence-electron chi connectivity index (χ4n) is 1.24. The topological polar surface area (TPSA) is 89.4 Å². The number of hydrogen-bond acceptors (Lipinski definition) is 3. The summed E-state index contributed by atoms with van der Waals surface area (Å²) in [4.78, 5) is 0. The molecule has 0 fully saturated rings. The van der Waals surface area contributed by atoms with Crippen molar-refractivity contribution in [3.8, 4) is 0 Å². The molecule has 0 amide bonds. The van der Waals surface area contributed by atoms with Crippen molar-refractivity contribution < 1.29 is 17.7 Å². The summed E-state index contributed by atoms with van der Waals surface area (Å²) >= 11 is 0. The highest BCUT2D eigenvalue weighted by Crippen LogP contribution is 2.07. The second-order valence-corrected chi connectivity index (χ2v) is 4.98. The first-order chi connectivity index (χ1) is 6.06. The van der Waals surface area contributed by atoms with E-state index in [0.717, 1.165) is 12.8 Å². The highest BCUT2D eigenvalue weighted by Gasteiger charge is 2.02. The van der Waals surface area contributed by atoms with E-state index in [1.54, 1.807) is 0 Å². The fraction of sp³-hybridized carbons (Fsp3) is 1.00. The second-order valence-electron chi connectivity index (χ2n) is 3.41. The molecule has 6 heteroatoms. The maximum atomic E-state index is 10.3. The van der Waals surface area contributed by atoms with Crippen LogP contribution < -0.4 is 6.15 Å². The van der Waals surface area contributed by atoms with E-state index in [-0.39, 0.29) is 16.6 Å². The molecule has 0 unspecified atom stereocenters. The normalized spacial score (nSPS) is 10.3. The summed E-state index contributed by atoms with van der Waals surface area (Å²) in [5.41, 5.74) is 0. The van der Waals surface area contributed by atoms with E-state index < -0.39 is 10.1 Å². The molecule has 0 aromatic carbocycles. The Balaban J connectivity index is -0.000000720. The van der Waals surface area contributed by atoms with Crippen LogP contribution in [0.2, 0.25) is 0 Å². The molecule has 15 heavy (non-hydrogen) atoms. The van der Waals surface area contributed by atoms with Crippen molar-refractivity contribution in [3.63, 3.8) is 0 Å². The summed E-state index contributed by atoms with van der Waals surface area (Å²) in [5, 5.41) is 0. The van der Waals surface area contributed by atoms with Gasteiger partial charge in [0.25, 0.3) is 10.1 Å². The van der Waals surface area contributed by atoms with Gasteiger partial charge in [0, 0.05) is 0 Å². The zero-order valence-electron chi connectivity index (χ0n) is 9.44. The minimum Gasteiger partial charge on any atom is -0.344 e. The predicted octanol–water partition coefficient (Wildman–Crippen LogP) is 2.94. The number of halogens is 1. The third-order valence-corrected chi connectivity index (χ3v) is 2.81. The average Bonchev–Trinajstić information content (AvgIpc) is 2.01. The van der Waals surface area contributed by atoms with E-state index in [0.29, 0.717) is 6.42 Å². The van der Waals surface area contributed by atoms with Gasteiger partial charge in [-0.25, -0.2) is 0 Å². The van der Waals surface area contributed by atoms with E-state index in [2.05, 4.69) is 6.92 Å². The van der Waals surface area contributed by atoms with Gasteiger partial charge in [-0.15, -0.1) is 0 Å². The Morgan fingerprint density at radius 3 is 1.73 bits per heavy atom. The summed E-state index contributed by atoms with van der Waals surface area (Å²) in [6.45, 7) is 2.17. The van der Waals surface area contributed by atoms with Crippen LogP contribution in [0.1, 0.15) is 51.9 Å². The summed E-state index contributed by atoms with van der Waals surface area (Å²) in [7, 11) is -3.72. The lowest BCUT2D eigenvalue weighted by molar-refractivity contribution is 0.478. The fourth-order valence-corrected chi connectivity index (χ4v) is 1.81. The van der Waals surface area contributed by atoms with Crippen LogP contribution in [0.15, 0.2) is 0 Å². The van der Waals surface area contributed by atoms with Crippen molar-refractivity contribution in [1.29, 1.82) is 0 Å². The highest BCUT2D eigenvalue weighted by atomic mass is 32.2. The average molecular weight is 245 g/mol. The lowest BCUT2D eigenvalue weighted by Crippen LogP contribution is -2.03. The van der Waals surface area contributed by atoms with Gasteiger partial charge in [0.05, 0.1) is 5.75 Å². The van der Waals surface area contributed by atoms with Crippen LogP contribution in [0.25, 0.3) is 0 Å². The molecule has 0 rings (SSSR count). The molecule has 4 N–H and O–H groups in total. The number of unbranched alkanes of at least 4 members (excludes halogenated alkanes) is 6. The summed E-state index contributed by atoms with van der Waals surface area (Å²) in [6, 6.07) is 0. The molecule has 0 aliphatic heterocycles. The third kappa shape index (κ3) is 20.0. The maximum Gasteiger partial charge on any atom is 0.264 e. The van der Waals surface area contributed by atoms with Gasteiger partial charge in [0.1, 0.15) is 0 Å². The molecule has 0 saturated carbocycles. The van der Waals surface area contributed by atoms with E-state index in [1.807, 2.05) is 0 Å². The minimum atomic E-state index is -3.72. The molecule has 0 aromatic rings. The van der Waals surface area contributed by atoms with Crippen LogP contribution in [0.5, 0.6) is 0 Å². The van der Waals surface area contributed by atoms with Crippen molar-refractivity contribution in [3.05, 3.63) is 0 Å². The summed E-state index contributed by atoms with van der Waals surface area (Å²) < 4.78 is 29.1.